The summed E-state index contributed by atoms with van der Waals surface area (Å²) in [5, 5.41) is 34.8. The van der Waals surface area contributed by atoms with Gasteiger partial charge in [0.25, 0.3) is 0 Å². The Kier molecular flexibility index (Phi) is 4.46. The lowest BCUT2D eigenvalue weighted by Gasteiger charge is -2.18. The van der Waals surface area contributed by atoms with E-state index in [4.69, 9.17) is 21.0 Å². The van der Waals surface area contributed by atoms with E-state index in [0.29, 0.717) is 12.4 Å². The van der Waals surface area contributed by atoms with Crippen LogP contribution in [0.1, 0.15) is 11.4 Å². The van der Waals surface area contributed by atoms with Crippen molar-refractivity contribution in [3.63, 3.8) is 0 Å². The van der Waals surface area contributed by atoms with Gasteiger partial charge in [0.05, 0.1) is 11.0 Å². The number of nitrogens with zero attached hydrogens (tertiary/aromatic N) is 6. The van der Waals surface area contributed by atoms with Gasteiger partial charge in [-0.2, -0.15) is 47.4 Å². The van der Waals surface area contributed by atoms with Gasteiger partial charge in [0.1, 0.15) is 35.4 Å². The summed E-state index contributed by atoms with van der Waals surface area (Å²) in [4.78, 5) is 0. The van der Waals surface area contributed by atoms with Gasteiger partial charge in [0.15, 0.2) is 11.4 Å². The second-order valence-corrected chi connectivity index (χ2v) is 5.79. The fourth-order valence-corrected chi connectivity index (χ4v) is 3.18. The van der Waals surface area contributed by atoms with Crippen molar-refractivity contribution in [1.29, 1.82) is 21.0 Å². The number of halogens is 6. The highest BCUT2D eigenvalue weighted by Crippen LogP contribution is 2.38. The fraction of sp³-hybridized carbons (Fsp3) is 0.111. The lowest BCUT2D eigenvalue weighted by molar-refractivity contribution is -0.145. The van der Waals surface area contributed by atoms with Gasteiger partial charge >= 0.3 is 12.4 Å². The maximum Gasteiger partial charge on any atom is 0.433 e. The van der Waals surface area contributed by atoms with Gasteiger partial charge in [-0.15, -0.1) is 0 Å². The molecule has 6 nitrogen and oxygen atoms in total. The lowest BCUT2D eigenvalue weighted by atomic mass is 10.1. The van der Waals surface area contributed by atoms with Gasteiger partial charge < -0.3 is 8.80 Å². The summed E-state index contributed by atoms with van der Waals surface area (Å²) in [6, 6.07) is 7.05. The molecule has 0 N–H and O–H groups in total. The zero-order valence-corrected chi connectivity index (χ0v) is 14.3. The molecule has 3 aromatic heterocycles. The van der Waals surface area contributed by atoms with Crippen molar-refractivity contribution in [1.82, 2.24) is 8.80 Å². The molecule has 0 aliphatic carbocycles. The van der Waals surface area contributed by atoms with Crippen LogP contribution in [0.3, 0.4) is 0 Å². The van der Waals surface area contributed by atoms with Crippen molar-refractivity contribution in [3.05, 3.63) is 46.4 Å². The molecule has 0 atom stereocenters. The Balaban J connectivity index is 2.92. The Morgan fingerprint density at radius 2 is 0.933 bits per heavy atom. The van der Waals surface area contributed by atoms with Gasteiger partial charge in [-0.1, -0.05) is 0 Å². The lowest BCUT2D eigenvalue weighted by Crippen LogP contribution is -2.25. The van der Waals surface area contributed by atoms with Crippen molar-refractivity contribution in [3.8, 4) is 24.3 Å². The first-order valence-electron chi connectivity index (χ1n) is 7.68. The van der Waals surface area contributed by atoms with Gasteiger partial charge in [-0.05, 0) is 12.1 Å². The maximum absolute atomic E-state index is 14.0. The standard InChI is InChI=1S/C18H4F6N6/c19-17(20,21)15-13-11(9(5-25)6-26)1-3-29(13)16(18(22,23)24)14-12(2-4-30(14)15)10(7-27)8-28/h1-4H. The summed E-state index contributed by atoms with van der Waals surface area (Å²) in [5.74, 6) is 0. The largest absolute Gasteiger partial charge is 0.433 e. The van der Waals surface area contributed by atoms with Crippen LogP contribution >= 0.6 is 0 Å². The van der Waals surface area contributed by atoms with Crippen LogP contribution in [0.15, 0.2) is 24.5 Å². The molecule has 3 rings (SSSR count). The Morgan fingerprint density at radius 1 is 0.633 bits per heavy atom. The van der Waals surface area contributed by atoms with Crippen LogP contribution in [-0.2, 0) is 12.4 Å². The Labute approximate surface area is 162 Å². The van der Waals surface area contributed by atoms with Crippen LogP contribution in [0.25, 0.3) is 22.2 Å². The average molecular weight is 418 g/mol. The minimum Gasteiger partial charge on any atom is -0.308 e. The van der Waals surface area contributed by atoms with Crippen molar-refractivity contribution in [2.75, 3.05) is 0 Å². The van der Waals surface area contributed by atoms with Crippen LogP contribution in [0, 0.1) is 45.3 Å². The minimum absolute atomic E-state index is 0.165. The molecule has 0 aliphatic rings. The molecule has 3 aromatic rings. The molecule has 0 bridgehead atoms. The van der Waals surface area contributed by atoms with Crippen LogP contribution in [0.4, 0.5) is 26.3 Å². The predicted molar refractivity (Wildman–Crippen MR) is 86.9 cm³/mol. The molecule has 0 aromatic carbocycles. The van der Waals surface area contributed by atoms with Gasteiger partial charge in [0.2, 0.25) is 0 Å². The second-order valence-electron chi connectivity index (χ2n) is 5.79. The smallest absolute Gasteiger partial charge is 0.308 e. The quantitative estimate of drug-likeness (QED) is 0.524. The first-order valence-corrected chi connectivity index (χ1v) is 7.68. The summed E-state index contributed by atoms with van der Waals surface area (Å²) >= 11 is 0. The molecule has 12 heteroatoms. The van der Waals surface area contributed by atoms with Crippen LogP contribution in [0.5, 0.6) is 0 Å². The number of nitriles is 4. The molecule has 0 spiro atoms. The topological polar surface area (TPSA) is 104 Å². The average Bonchev–Trinajstić information content (AvgIpc) is 3.25. The first kappa shape index (κ1) is 20.3. The first-order chi connectivity index (χ1) is 14.0. The molecule has 0 saturated carbocycles. The summed E-state index contributed by atoms with van der Waals surface area (Å²) in [5.41, 5.74) is -6.95. The van der Waals surface area contributed by atoms with E-state index in [0.717, 1.165) is 12.1 Å². The second kappa shape index (κ2) is 6.58. The maximum atomic E-state index is 14.0. The number of fused-ring (bicyclic) bond motifs is 2. The highest BCUT2D eigenvalue weighted by atomic mass is 19.4. The van der Waals surface area contributed by atoms with Crippen molar-refractivity contribution in [2.45, 2.75) is 12.4 Å². The van der Waals surface area contributed by atoms with E-state index < -0.39 is 56.4 Å². The van der Waals surface area contributed by atoms with E-state index in [1.807, 2.05) is 0 Å². The van der Waals surface area contributed by atoms with E-state index in [2.05, 4.69) is 0 Å². The van der Waals surface area contributed by atoms with Crippen LogP contribution in [-0.4, -0.2) is 8.80 Å². The zero-order valence-electron chi connectivity index (χ0n) is 14.3. The van der Waals surface area contributed by atoms with Gasteiger partial charge in [0, 0.05) is 22.8 Å². The highest BCUT2D eigenvalue weighted by Gasteiger charge is 2.43. The zero-order chi connectivity index (χ0) is 22.4. The monoisotopic (exact) mass is 418 g/mol. The molecule has 0 aliphatic heterocycles. The van der Waals surface area contributed by atoms with Crippen LogP contribution < -0.4 is 10.4 Å². The predicted octanol–water partition coefficient (Wildman–Crippen LogP) is 2.63. The third kappa shape index (κ3) is 2.80. The van der Waals surface area contributed by atoms with Crippen molar-refractivity contribution < 1.29 is 26.3 Å². The third-order valence-corrected chi connectivity index (χ3v) is 4.23. The molecular formula is C18H4F6N6. The number of aromatic nitrogens is 2. The summed E-state index contributed by atoms with van der Waals surface area (Å²) in [7, 11) is 0. The van der Waals surface area contributed by atoms with Crippen LogP contribution in [0.2, 0.25) is 0 Å². The Hall–Kier alpha value is -4.42. The summed E-state index contributed by atoms with van der Waals surface area (Å²) in [6.45, 7) is 0. The molecule has 0 amide bonds. The highest BCUT2D eigenvalue weighted by molar-refractivity contribution is 5.82. The van der Waals surface area contributed by atoms with E-state index in [-0.39, 0.29) is 8.80 Å². The minimum atomic E-state index is -5.22. The molecular weight excluding hydrogens is 414 g/mol. The van der Waals surface area contributed by atoms with Crippen molar-refractivity contribution >= 4 is 22.2 Å². The molecule has 30 heavy (non-hydrogen) atoms. The van der Waals surface area contributed by atoms with E-state index in [1.165, 1.54) is 24.3 Å². The molecule has 148 valence electrons. The van der Waals surface area contributed by atoms with Crippen molar-refractivity contribution in [2.24, 2.45) is 0 Å². The number of hydrogen-bond donors (Lipinski definition) is 0. The molecule has 0 saturated heterocycles. The number of alkyl halides is 6. The fourth-order valence-electron chi connectivity index (χ4n) is 3.18. The number of rotatable bonds is 0. The SMILES string of the molecule is N#CC(C#N)=c1ccn2c(C(F)(F)F)c3c(=C(C#N)C#N)ccn3c(C(F)(F)F)c12. The summed E-state index contributed by atoms with van der Waals surface area (Å²) in [6.07, 6.45) is -9.15. The molecule has 0 unspecified atom stereocenters. The van der Waals surface area contributed by atoms with Gasteiger partial charge in [-0.3, -0.25) is 0 Å². The molecule has 0 fully saturated rings. The molecule has 3 heterocycles. The summed E-state index contributed by atoms with van der Waals surface area (Å²) < 4.78 is 84.0. The van der Waals surface area contributed by atoms with E-state index >= 15 is 0 Å². The van der Waals surface area contributed by atoms with E-state index in [1.54, 1.807) is 0 Å². The van der Waals surface area contributed by atoms with E-state index in [9.17, 15) is 26.3 Å². The molecule has 0 radical (unpaired) electrons. The Bertz CT molecular complexity index is 1360. The van der Waals surface area contributed by atoms with Gasteiger partial charge in [-0.25, -0.2) is 0 Å². The Morgan fingerprint density at radius 3 is 1.17 bits per heavy atom. The number of hydrogen-bond acceptors (Lipinski definition) is 4. The normalized spacial score (nSPS) is 11.5. The third-order valence-electron chi connectivity index (χ3n) is 4.23.